The molecule has 1 aliphatic rings. The van der Waals surface area contributed by atoms with Gasteiger partial charge in [0.15, 0.2) is 0 Å². The first kappa shape index (κ1) is 12.1. The summed E-state index contributed by atoms with van der Waals surface area (Å²) < 4.78 is 0. The predicted molar refractivity (Wildman–Crippen MR) is 69.9 cm³/mol. The van der Waals surface area contributed by atoms with Gasteiger partial charge in [0.25, 0.3) is 0 Å². The third-order valence-electron chi connectivity index (χ3n) is 3.27. The van der Waals surface area contributed by atoms with Crippen molar-refractivity contribution >= 4 is 11.3 Å². The van der Waals surface area contributed by atoms with E-state index in [0.717, 1.165) is 5.92 Å². The van der Waals surface area contributed by atoms with Crippen molar-refractivity contribution < 1.29 is 0 Å². The van der Waals surface area contributed by atoms with Crippen molar-refractivity contribution in [1.29, 1.82) is 0 Å². The van der Waals surface area contributed by atoms with Crippen LogP contribution in [0.25, 0.3) is 0 Å². The van der Waals surface area contributed by atoms with E-state index < -0.39 is 0 Å². The molecular weight excluding hydrogens is 216 g/mol. The van der Waals surface area contributed by atoms with E-state index in [9.17, 15) is 0 Å². The van der Waals surface area contributed by atoms with Crippen LogP contribution in [0.2, 0.25) is 0 Å². The molecule has 1 fully saturated rings. The Labute approximate surface area is 102 Å². The minimum absolute atomic E-state index is 0.388. The molecule has 90 valence electrons. The van der Waals surface area contributed by atoms with Gasteiger partial charge in [-0.3, -0.25) is 0 Å². The fourth-order valence-electron chi connectivity index (χ4n) is 2.37. The highest BCUT2D eigenvalue weighted by Gasteiger charge is 2.24. The Morgan fingerprint density at radius 3 is 2.56 bits per heavy atom. The Hall–Kier alpha value is -0.410. The van der Waals surface area contributed by atoms with Gasteiger partial charge in [0.05, 0.1) is 10.7 Å². The molecule has 16 heavy (non-hydrogen) atoms. The maximum absolute atomic E-state index is 4.61. The second-order valence-electron chi connectivity index (χ2n) is 5.14. The van der Waals surface area contributed by atoms with Crippen LogP contribution in [0.5, 0.6) is 0 Å². The molecule has 0 bridgehead atoms. The molecule has 1 saturated carbocycles. The third kappa shape index (κ3) is 3.05. The normalized spacial score (nSPS) is 19.8. The molecule has 1 aromatic heterocycles. The van der Waals surface area contributed by atoms with Gasteiger partial charge in [-0.1, -0.05) is 12.8 Å². The molecule has 1 N–H and O–H groups in total. The summed E-state index contributed by atoms with van der Waals surface area (Å²) in [6, 6.07) is 1.00. The molecule has 2 atom stereocenters. The van der Waals surface area contributed by atoms with Crippen LogP contribution in [0.4, 0.5) is 0 Å². The summed E-state index contributed by atoms with van der Waals surface area (Å²) in [7, 11) is 0. The van der Waals surface area contributed by atoms with E-state index in [0.29, 0.717) is 12.1 Å². The standard InChI is InChI=1S/C13H22N2S/c1-8(7-12-5-6-12)14-9(2)13-10(3)16-11(4)15-13/h8-9,12,14H,5-7H2,1-4H3. The van der Waals surface area contributed by atoms with Gasteiger partial charge in [-0.2, -0.15) is 0 Å². The highest BCUT2D eigenvalue weighted by Crippen LogP contribution is 2.34. The minimum Gasteiger partial charge on any atom is -0.306 e. The van der Waals surface area contributed by atoms with E-state index >= 15 is 0 Å². The van der Waals surface area contributed by atoms with Crippen molar-refractivity contribution in [2.45, 2.75) is 59.0 Å². The van der Waals surface area contributed by atoms with Gasteiger partial charge in [0.2, 0.25) is 0 Å². The summed E-state index contributed by atoms with van der Waals surface area (Å²) in [6.07, 6.45) is 4.21. The first-order valence-corrected chi connectivity index (χ1v) is 7.08. The minimum atomic E-state index is 0.388. The molecule has 2 unspecified atom stereocenters. The average Bonchev–Trinajstić information content (AvgIpc) is 2.90. The molecule has 2 rings (SSSR count). The molecule has 1 aliphatic carbocycles. The molecule has 0 aliphatic heterocycles. The highest BCUT2D eigenvalue weighted by molar-refractivity contribution is 7.11. The monoisotopic (exact) mass is 238 g/mol. The number of nitrogens with one attached hydrogen (secondary N) is 1. The van der Waals surface area contributed by atoms with E-state index in [-0.39, 0.29) is 0 Å². The average molecular weight is 238 g/mol. The van der Waals surface area contributed by atoms with Crippen molar-refractivity contribution in [3.05, 3.63) is 15.6 Å². The lowest BCUT2D eigenvalue weighted by Gasteiger charge is -2.19. The Bertz CT molecular complexity index is 355. The van der Waals surface area contributed by atoms with Crippen LogP contribution in [0.1, 0.15) is 54.7 Å². The number of hydrogen-bond acceptors (Lipinski definition) is 3. The molecule has 2 nitrogen and oxygen atoms in total. The van der Waals surface area contributed by atoms with Crippen LogP contribution in [0.15, 0.2) is 0 Å². The lowest BCUT2D eigenvalue weighted by Crippen LogP contribution is -2.29. The first-order valence-electron chi connectivity index (χ1n) is 6.26. The van der Waals surface area contributed by atoms with Crippen LogP contribution in [0, 0.1) is 19.8 Å². The highest BCUT2D eigenvalue weighted by atomic mass is 32.1. The zero-order valence-electron chi connectivity index (χ0n) is 10.7. The van der Waals surface area contributed by atoms with Gasteiger partial charge < -0.3 is 5.32 Å². The summed E-state index contributed by atoms with van der Waals surface area (Å²) in [5.41, 5.74) is 1.24. The van der Waals surface area contributed by atoms with Crippen molar-refractivity contribution in [2.24, 2.45) is 5.92 Å². The maximum atomic E-state index is 4.61. The molecule has 0 saturated heterocycles. The molecular formula is C13H22N2S. The number of thiazole rings is 1. The van der Waals surface area contributed by atoms with Crippen molar-refractivity contribution in [2.75, 3.05) is 0 Å². The smallest absolute Gasteiger partial charge is 0.0900 e. The van der Waals surface area contributed by atoms with E-state index in [2.05, 4.69) is 38.0 Å². The Kier molecular flexibility index (Phi) is 3.65. The van der Waals surface area contributed by atoms with Crippen LogP contribution < -0.4 is 5.32 Å². The Balaban J connectivity index is 1.90. The van der Waals surface area contributed by atoms with Gasteiger partial charge in [-0.05, 0) is 40.0 Å². The van der Waals surface area contributed by atoms with Gasteiger partial charge in [0, 0.05) is 17.0 Å². The summed E-state index contributed by atoms with van der Waals surface area (Å²) in [6.45, 7) is 8.78. The van der Waals surface area contributed by atoms with Gasteiger partial charge >= 0.3 is 0 Å². The molecule has 1 aromatic rings. The number of nitrogens with zero attached hydrogens (tertiary/aromatic N) is 1. The van der Waals surface area contributed by atoms with E-state index in [1.807, 2.05) is 0 Å². The third-order valence-corrected chi connectivity index (χ3v) is 4.17. The quantitative estimate of drug-likeness (QED) is 0.848. The van der Waals surface area contributed by atoms with Crippen molar-refractivity contribution in [3.63, 3.8) is 0 Å². The topological polar surface area (TPSA) is 24.9 Å². The zero-order chi connectivity index (χ0) is 11.7. The lowest BCUT2D eigenvalue weighted by molar-refractivity contribution is 0.433. The fourth-order valence-corrected chi connectivity index (χ4v) is 3.29. The Morgan fingerprint density at radius 1 is 1.38 bits per heavy atom. The van der Waals surface area contributed by atoms with E-state index in [4.69, 9.17) is 0 Å². The summed E-state index contributed by atoms with van der Waals surface area (Å²) in [4.78, 5) is 5.97. The summed E-state index contributed by atoms with van der Waals surface area (Å²) in [5, 5.41) is 4.84. The van der Waals surface area contributed by atoms with Crippen LogP contribution in [-0.4, -0.2) is 11.0 Å². The summed E-state index contributed by atoms with van der Waals surface area (Å²) >= 11 is 1.80. The SMILES string of the molecule is Cc1nc(C(C)NC(C)CC2CC2)c(C)s1. The largest absolute Gasteiger partial charge is 0.306 e. The number of aromatic nitrogens is 1. The molecule has 0 radical (unpaired) electrons. The molecule has 0 aromatic carbocycles. The van der Waals surface area contributed by atoms with Crippen LogP contribution >= 0.6 is 11.3 Å². The number of rotatable bonds is 5. The number of aryl methyl sites for hydroxylation is 2. The second-order valence-corrected chi connectivity index (χ2v) is 6.55. The fraction of sp³-hybridized carbons (Fsp3) is 0.769. The molecule has 0 amide bonds. The van der Waals surface area contributed by atoms with Gasteiger partial charge in [0.1, 0.15) is 0 Å². The molecule has 0 spiro atoms. The van der Waals surface area contributed by atoms with E-state index in [1.54, 1.807) is 11.3 Å². The first-order chi connectivity index (χ1) is 7.56. The van der Waals surface area contributed by atoms with Gasteiger partial charge in [-0.25, -0.2) is 4.98 Å². The van der Waals surface area contributed by atoms with Crippen LogP contribution in [-0.2, 0) is 0 Å². The summed E-state index contributed by atoms with van der Waals surface area (Å²) in [5.74, 6) is 0.993. The number of hydrogen-bond donors (Lipinski definition) is 1. The van der Waals surface area contributed by atoms with Crippen molar-refractivity contribution in [1.82, 2.24) is 10.3 Å². The zero-order valence-corrected chi connectivity index (χ0v) is 11.5. The maximum Gasteiger partial charge on any atom is 0.0900 e. The van der Waals surface area contributed by atoms with Crippen molar-refractivity contribution in [3.8, 4) is 0 Å². The predicted octanol–water partition coefficient (Wildman–Crippen LogP) is 3.60. The second kappa shape index (κ2) is 4.84. The van der Waals surface area contributed by atoms with E-state index in [1.165, 1.54) is 34.8 Å². The van der Waals surface area contributed by atoms with Gasteiger partial charge in [-0.15, -0.1) is 11.3 Å². The molecule has 3 heteroatoms. The lowest BCUT2D eigenvalue weighted by atomic mass is 10.1. The molecule has 1 heterocycles. The van der Waals surface area contributed by atoms with Crippen LogP contribution in [0.3, 0.4) is 0 Å². The Morgan fingerprint density at radius 2 is 2.06 bits per heavy atom.